The minimum atomic E-state index is -3.52. The van der Waals surface area contributed by atoms with Gasteiger partial charge >= 0.3 is 0 Å². The molecule has 0 heterocycles. The molecule has 3 N–H and O–H groups in total. The number of hydrogen-bond acceptors (Lipinski definition) is 4. The maximum Gasteiger partial charge on any atom is 0.240 e. The Morgan fingerprint density at radius 2 is 1.81 bits per heavy atom. The molecule has 0 spiro atoms. The molecule has 0 unspecified atom stereocenters. The van der Waals surface area contributed by atoms with Crippen LogP contribution in [0.1, 0.15) is 38.2 Å². The number of nitrogens with two attached hydrogens (primary N) is 1. The summed E-state index contributed by atoms with van der Waals surface area (Å²) in [5, 5.41) is 0. The van der Waals surface area contributed by atoms with Gasteiger partial charge in [-0.2, -0.15) is 0 Å². The van der Waals surface area contributed by atoms with Crippen molar-refractivity contribution in [1.82, 2.24) is 4.72 Å². The number of benzene rings is 2. The third-order valence-corrected chi connectivity index (χ3v) is 5.54. The smallest absolute Gasteiger partial charge is 0.240 e. The quantitative estimate of drug-likeness (QED) is 0.462. The van der Waals surface area contributed by atoms with Crippen molar-refractivity contribution in [3.05, 3.63) is 54.1 Å². The van der Waals surface area contributed by atoms with Gasteiger partial charge in [-0.25, -0.2) is 13.1 Å². The molecule has 142 valence electrons. The number of nitrogen functional groups attached to an aromatic ring is 1. The normalized spacial score (nSPS) is 11.4. The maximum atomic E-state index is 12.3. The molecule has 0 bridgehead atoms. The first-order chi connectivity index (χ1) is 12.5. The van der Waals surface area contributed by atoms with E-state index in [1.165, 1.54) is 31.4 Å². The van der Waals surface area contributed by atoms with Gasteiger partial charge in [-0.15, -0.1) is 0 Å². The van der Waals surface area contributed by atoms with E-state index in [2.05, 4.69) is 11.6 Å². The lowest BCUT2D eigenvalue weighted by atomic mass is 10.1. The van der Waals surface area contributed by atoms with Crippen molar-refractivity contribution in [3.8, 4) is 5.75 Å². The first kappa shape index (κ1) is 20.3. The average molecular weight is 377 g/mol. The van der Waals surface area contributed by atoms with E-state index in [1.807, 2.05) is 24.3 Å². The molecular weight excluding hydrogens is 348 g/mol. The molecule has 2 rings (SSSR count). The lowest BCUT2D eigenvalue weighted by Crippen LogP contribution is -2.26. The van der Waals surface area contributed by atoms with E-state index < -0.39 is 10.0 Å². The number of rotatable bonds is 11. The highest BCUT2D eigenvalue weighted by Crippen LogP contribution is 2.15. The second kappa shape index (κ2) is 10.2. The van der Waals surface area contributed by atoms with Crippen LogP contribution in [-0.4, -0.2) is 21.6 Å². The van der Waals surface area contributed by atoms with Gasteiger partial charge in [-0.3, -0.25) is 0 Å². The topological polar surface area (TPSA) is 81.4 Å². The molecule has 2 aromatic carbocycles. The number of nitrogens with one attached hydrogen (secondary N) is 1. The number of anilines is 1. The third kappa shape index (κ3) is 6.69. The molecule has 6 heteroatoms. The number of unbranched alkanes of at least 4 members (excludes halogenated alkanes) is 3. The summed E-state index contributed by atoms with van der Waals surface area (Å²) in [5.41, 5.74) is 7.17. The zero-order valence-corrected chi connectivity index (χ0v) is 16.1. The monoisotopic (exact) mass is 376 g/mol. The van der Waals surface area contributed by atoms with E-state index >= 15 is 0 Å². The first-order valence-corrected chi connectivity index (χ1v) is 10.6. The van der Waals surface area contributed by atoms with E-state index in [0.29, 0.717) is 25.3 Å². The van der Waals surface area contributed by atoms with Crippen LogP contribution in [0.25, 0.3) is 0 Å². The van der Waals surface area contributed by atoms with Gasteiger partial charge in [-0.05, 0) is 54.8 Å². The van der Waals surface area contributed by atoms with Gasteiger partial charge < -0.3 is 10.5 Å². The second-order valence-electron chi connectivity index (χ2n) is 6.27. The average Bonchev–Trinajstić information content (AvgIpc) is 2.62. The molecule has 0 aliphatic heterocycles. The molecule has 5 nitrogen and oxygen atoms in total. The summed E-state index contributed by atoms with van der Waals surface area (Å²) in [6.45, 7) is 3.23. The summed E-state index contributed by atoms with van der Waals surface area (Å²) in [7, 11) is -3.52. The Kier molecular flexibility index (Phi) is 7.94. The molecule has 0 atom stereocenters. The van der Waals surface area contributed by atoms with Crippen molar-refractivity contribution in [2.45, 2.75) is 43.9 Å². The highest BCUT2D eigenvalue weighted by Gasteiger charge is 2.12. The molecule has 0 amide bonds. The van der Waals surface area contributed by atoms with Crippen molar-refractivity contribution >= 4 is 15.7 Å². The predicted molar refractivity (Wildman–Crippen MR) is 106 cm³/mol. The Morgan fingerprint density at radius 1 is 1.04 bits per heavy atom. The molecule has 0 aliphatic rings. The zero-order valence-electron chi connectivity index (χ0n) is 15.3. The van der Waals surface area contributed by atoms with Crippen LogP contribution in [0.3, 0.4) is 0 Å². The fourth-order valence-corrected chi connectivity index (χ4v) is 3.60. The number of hydrogen-bond donors (Lipinski definition) is 2. The van der Waals surface area contributed by atoms with Crippen LogP contribution >= 0.6 is 0 Å². The molecule has 0 saturated heterocycles. The molecule has 0 aromatic heterocycles. The van der Waals surface area contributed by atoms with Crippen molar-refractivity contribution in [2.24, 2.45) is 0 Å². The van der Waals surface area contributed by atoms with Crippen LogP contribution in [0.4, 0.5) is 5.69 Å². The van der Waals surface area contributed by atoms with Gasteiger partial charge in [-0.1, -0.05) is 38.3 Å². The largest absolute Gasteiger partial charge is 0.494 e. The molecule has 0 aliphatic carbocycles. The minimum absolute atomic E-state index is 0.218. The van der Waals surface area contributed by atoms with E-state index in [4.69, 9.17) is 10.5 Å². The Bertz CT molecular complexity index is 774. The van der Waals surface area contributed by atoms with Crippen LogP contribution in [0.15, 0.2) is 53.4 Å². The Labute approximate surface area is 156 Å². The lowest BCUT2D eigenvalue weighted by Gasteiger charge is -2.09. The number of sulfonamides is 1. The molecular formula is C20H28N2O3S. The van der Waals surface area contributed by atoms with Crippen LogP contribution < -0.4 is 15.2 Å². The first-order valence-electron chi connectivity index (χ1n) is 9.08. The van der Waals surface area contributed by atoms with E-state index in [1.54, 1.807) is 12.1 Å². The molecule has 0 saturated carbocycles. The number of ether oxygens (including phenoxy) is 1. The summed E-state index contributed by atoms with van der Waals surface area (Å²) in [6.07, 6.45) is 5.28. The van der Waals surface area contributed by atoms with E-state index in [0.717, 1.165) is 17.7 Å². The van der Waals surface area contributed by atoms with Crippen LogP contribution in [0.5, 0.6) is 5.75 Å². The Balaban J connectivity index is 1.82. The fourth-order valence-electron chi connectivity index (χ4n) is 2.57. The van der Waals surface area contributed by atoms with E-state index in [-0.39, 0.29) is 4.90 Å². The molecule has 0 fully saturated rings. The fraction of sp³-hybridized carbons (Fsp3) is 0.400. The lowest BCUT2D eigenvalue weighted by molar-refractivity contribution is 0.305. The van der Waals surface area contributed by atoms with Gasteiger partial charge in [0.25, 0.3) is 0 Å². The van der Waals surface area contributed by atoms with Gasteiger partial charge in [0.15, 0.2) is 0 Å². The minimum Gasteiger partial charge on any atom is -0.494 e. The van der Waals surface area contributed by atoms with E-state index in [9.17, 15) is 8.42 Å². The maximum absolute atomic E-state index is 12.3. The molecule has 0 radical (unpaired) electrons. The predicted octanol–water partition coefficient (Wildman–Crippen LogP) is 3.75. The summed E-state index contributed by atoms with van der Waals surface area (Å²) >= 11 is 0. The second-order valence-corrected chi connectivity index (χ2v) is 8.04. The highest BCUT2D eigenvalue weighted by molar-refractivity contribution is 7.89. The van der Waals surface area contributed by atoms with Crippen LogP contribution in [0.2, 0.25) is 0 Å². The summed E-state index contributed by atoms with van der Waals surface area (Å²) < 4.78 is 32.9. The zero-order chi connectivity index (χ0) is 18.8. The third-order valence-electron chi connectivity index (χ3n) is 4.06. The van der Waals surface area contributed by atoms with Crippen molar-refractivity contribution in [1.29, 1.82) is 0 Å². The van der Waals surface area contributed by atoms with Gasteiger partial charge in [0.05, 0.1) is 11.5 Å². The van der Waals surface area contributed by atoms with Crippen molar-refractivity contribution in [3.63, 3.8) is 0 Å². The summed E-state index contributed by atoms with van der Waals surface area (Å²) in [6, 6.07) is 14.0. The van der Waals surface area contributed by atoms with Gasteiger partial charge in [0.2, 0.25) is 10.0 Å². The Hall–Kier alpha value is -2.05. The van der Waals surface area contributed by atoms with Crippen LogP contribution in [0, 0.1) is 0 Å². The molecule has 2 aromatic rings. The van der Waals surface area contributed by atoms with Crippen LogP contribution in [-0.2, 0) is 16.4 Å². The summed E-state index contributed by atoms with van der Waals surface area (Å²) in [4.78, 5) is 0.218. The highest BCUT2D eigenvalue weighted by atomic mass is 32.2. The van der Waals surface area contributed by atoms with Gasteiger partial charge in [0, 0.05) is 12.2 Å². The van der Waals surface area contributed by atoms with Gasteiger partial charge in [0.1, 0.15) is 5.75 Å². The summed E-state index contributed by atoms with van der Waals surface area (Å²) in [5.74, 6) is 0.834. The molecule has 26 heavy (non-hydrogen) atoms. The Morgan fingerprint density at radius 3 is 2.54 bits per heavy atom. The van der Waals surface area contributed by atoms with Crippen molar-refractivity contribution in [2.75, 3.05) is 18.9 Å². The van der Waals surface area contributed by atoms with Crippen molar-refractivity contribution < 1.29 is 13.2 Å². The SMILES string of the molecule is CCCCCCOc1cccc(CCNS(=O)(=O)c2ccc(N)cc2)c1. The standard InChI is InChI=1S/C20H28N2O3S/c1-2-3-4-5-15-25-19-8-6-7-17(16-19)13-14-22-26(23,24)20-11-9-18(21)10-12-20/h6-12,16,22H,2-5,13-15,21H2,1H3.